The van der Waals surface area contributed by atoms with E-state index in [1.807, 2.05) is 16.9 Å². The summed E-state index contributed by atoms with van der Waals surface area (Å²) in [6.45, 7) is 9.33. The Morgan fingerprint density at radius 2 is 1.88 bits per heavy atom. The zero-order valence-corrected chi connectivity index (χ0v) is 12.0. The minimum Gasteiger partial charge on any atom is -0.371 e. The van der Waals surface area contributed by atoms with Crippen molar-refractivity contribution in [3.63, 3.8) is 0 Å². The van der Waals surface area contributed by atoms with Gasteiger partial charge in [-0.05, 0) is 21.0 Å². The lowest BCUT2D eigenvalue weighted by Gasteiger charge is -2.11. The molecule has 1 rings (SSSR count). The molecule has 0 fully saturated rings. The second kappa shape index (κ2) is 10.1. The van der Waals surface area contributed by atoms with E-state index in [1.54, 1.807) is 0 Å². The molecule has 0 saturated heterocycles. The van der Waals surface area contributed by atoms with Crippen molar-refractivity contribution in [1.29, 1.82) is 0 Å². The van der Waals surface area contributed by atoms with Gasteiger partial charge in [0.05, 0.1) is 12.7 Å². The lowest BCUT2D eigenvalue weighted by Crippen LogP contribution is -2.20. The number of nitrogens with one attached hydrogen (secondary N) is 1. The van der Waals surface area contributed by atoms with Crippen molar-refractivity contribution in [3.05, 3.63) is 12.3 Å². The highest BCUT2D eigenvalue weighted by Gasteiger charge is 2.00. The monoisotopic (exact) mass is 240 g/mol. The minimum atomic E-state index is 0.933. The van der Waals surface area contributed by atoms with Gasteiger partial charge in [-0.3, -0.25) is 0 Å². The molecule has 1 aromatic heterocycles. The van der Waals surface area contributed by atoms with Gasteiger partial charge < -0.3 is 10.2 Å². The van der Waals surface area contributed by atoms with E-state index in [1.165, 1.54) is 12.8 Å². The van der Waals surface area contributed by atoms with Gasteiger partial charge in [-0.15, -0.1) is 0 Å². The third kappa shape index (κ3) is 7.80. The largest absolute Gasteiger partial charge is 0.371 e. The van der Waals surface area contributed by atoms with Crippen LogP contribution in [0.15, 0.2) is 12.3 Å². The van der Waals surface area contributed by atoms with Crippen molar-refractivity contribution >= 4 is 5.82 Å². The van der Waals surface area contributed by atoms with Crippen LogP contribution in [0.4, 0.5) is 5.82 Å². The summed E-state index contributed by atoms with van der Waals surface area (Å²) in [6.07, 6.45) is 4.47. The summed E-state index contributed by atoms with van der Waals surface area (Å²) >= 11 is 0. The number of unbranched alkanes of at least 4 members (excludes halogenated alkanes) is 1. The van der Waals surface area contributed by atoms with E-state index in [4.69, 9.17) is 0 Å². The van der Waals surface area contributed by atoms with Gasteiger partial charge >= 0.3 is 0 Å². The number of nitrogens with zero attached hydrogens (tertiary/aromatic N) is 3. The van der Waals surface area contributed by atoms with Crippen molar-refractivity contribution in [2.45, 2.75) is 40.2 Å². The second-order valence-corrected chi connectivity index (χ2v) is 4.27. The molecule has 0 unspecified atom stereocenters. The Kier molecular flexibility index (Phi) is 9.53. The quantitative estimate of drug-likeness (QED) is 0.830. The zero-order chi connectivity index (χ0) is 13.1. The van der Waals surface area contributed by atoms with Gasteiger partial charge in [0.25, 0.3) is 0 Å². The molecule has 0 aliphatic heterocycles. The first-order valence-electron chi connectivity index (χ1n) is 6.56. The molecule has 100 valence electrons. The first-order chi connectivity index (χ1) is 8.15. The van der Waals surface area contributed by atoms with E-state index in [0.29, 0.717) is 0 Å². The Morgan fingerprint density at radius 3 is 2.35 bits per heavy atom. The van der Waals surface area contributed by atoms with E-state index < -0.39 is 0 Å². The van der Waals surface area contributed by atoms with Crippen LogP contribution in [0.5, 0.6) is 0 Å². The third-order valence-electron chi connectivity index (χ3n) is 2.33. The molecule has 0 radical (unpaired) electrons. The van der Waals surface area contributed by atoms with E-state index in [0.717, 1.165) is 25.5 Å². The Hall–Kier alpha value is -1.03. The number of anilines is 1. The Bertz CT molecular complexity index is 266. The molecular weight excluding hydrogens is 212 g/mol. The number of hydrogen-bond acceptors (Lipinski definition) is 3. The predicted molar refractivity (Wildman–Crippen MR) is 75.5 cm³/mol. The zero-order valence-electron chi connectivity index (χ0n) is 12.0. The van der Waals surface area contributed by atoms with Gasteiger partial charge in [-0.1, -0.05) is 26.7 Å². The van der Waals surface area contributed by atoms with Crippen LogP contribution < -0.4 is 5.32 Å². The maximum atomic E-state index is 4.23. The van der Waals surface area contributed by atoms with Crippen LogP contribution in [0.3, 0.4) is 0 Å². The molecule has 1 N–H and O–H groups in total. The van der Waals surface area contributed by atoms with E-state index in [9.17, 15) is 0 Å². The molecule has 1 aromatic rings. The molecule has 17 heavy (non-hydrogen) atoms. The van der Waals surface area contributed by atoms with Gasteiger partial charge in [-0.2, -0.15) is 5.10 Å². The summed E-state index contributed by atoms with van der Waals surface area (Å²) in [5.74, 6) is 1.10. The van der Waals surface area contributed by atoms with Crippen LogP contribution >= 0.6 is 0 Å². The molecule has 0 atom stereocenters. The Balaban J connectivity index is 0.000000557. The molecule has 0 bridgehead atoms. The van der Waals surface area contributed by atoms with Crippen molar-refractivity contribution < 1.29 is 0 Å². The summed E-state index contributed by atoms with van der Waals surface area (Å²) in [6, 6.07) is 2.00. The van der Waals surface area contributed by atoms with Crippen molar-refractivity contribution in [2.24, 2.45) is 0 Å². The highest BCUT2D eigenvalue weighted by molar-refractivity contribution is 5.33. The SMILES string of the molecule is CCCC.CCNc1ccnn1CCN(C)C. The standard InChI is InChI=1S/C9H18N4.C4H10/c1-4-10-9-5-6-11-13(9)8-7-12(2)3;1-3-4-2/h5-6,10H,4,7-8H2,1-3H3;3-4H2,1-2H3. The molecular formula is C13H28N4. The summed E-state index contributed by atoms with van der Waals surface area (Å²) in [4.78, 5) is 2.15. The molecule has 0 amide bonds. The highest BCUT2D eigenvalue weighted by atomic mass is 15.3. The number of hydrogen-bond donors (Lipinski definition) is 1. The first-order valence-corrected chi connectivity index (χ1v) is 6.56. The van der Waals surface area contributed by atoms with Gasteiger partial charge in [0.2, 0.25) is 0 Å². The van der Waals surface area contributed by atoms with Crippen LogP contribution in [-0.4, -0.2) is 41.9 Å². The normalized spacial score (nSPS) is 10.0. The topological polar surface area (TPSA) is 33.1 Å². The molecule has 0 aliphatic rings. The number of rotatable bonds is 6. The molecule has 1 heterocycles. The fraction of sp³-hybridized carbons (Fsp3) is 0.769. The molecule has 0 spiro atoms. The summed E-state index contributed by atoms with van der Waals surface area (Å²) in [7, 11) is 4.13. The average molecular weight is 240 g/mol. The van der Waals surface area contributed by atoms with Gasteiger partial charge in [-0.25, -0.2) is 4.68 Å². The second-order valence-electron chi connectivity index (χ2n) is 4.27. The lowest BCUT2D eigenvalue weighted by atomic mass is 10.4. The fourth-order valence-electron chi connectivity index (χ4n) is 1.14. The minimum absolute atomic E-state index is 0.933. The molecule has 4 heteroatoms. The molecule has 4 nitrogen and oxygen atoms in total. The smallest absolute Gasteiger partial charge is 0.124 e. The molecule has 0 saturated carbocycles. The van der Waals surface area contributed by atoms with Crippen molar-refractivity contribution in [3.8, 4) is 0 Å². The van der Waals surface area contributed by atoms with Gasteiger partial charge in [0.1, 0.15) is 5.82 Å². The van der Waals surface area contributed by atoms with E-state index in [-0.39, 0.29) is 0 Å². The maximum absolute atomic E-state index is 4.23. The van der Waals surface area contributed by atoms with E-state index >= 15 is 0 Å². The number of likely N-dealkylation sites (N-methyl/N-ethyl adjacent to an activating group) is 1. The van der Waals surface area contributed by atoms with Crippen LogP contribution in [-0.2, 0) is 6.54 Å². The Morgan fingerprint density at radius 1 is 1.24 bits per heavy atom. The average Bonchev–Trinajstić information content (AvgIpc) is 2.75. The fourth-order valence-corrected chi connectivity index (χ4v) is 1.14. The first kappa shape index (κ1) is 16.0. The maximum Gasteiger partial charge on any atom is 0.124 e. The van der Waals surface area contributed by atoms with Crippen LogP contribution in [0, 0.1) is 0 Å². The summed E-state index contributed by atoms with van der Waals surface area (Å²) < 4.78 is 1.99. The van der Waals surface area contributed by atoms with E-state index in [2.05, 4.69) is 50.2 Å². The summed E-state index contributed by atoms with van der Waals surface area (Å²) in [5.41, 5.74) is 0. The van der Waals surface area contributed by atoms with Gasteiger partial charge in [0, 0.05) is 19.2 Å². The summed E-state index contributed by atoms with van der Waals surface area (Å²) in [5, 5.41) is 7.50. The molecule has 0 aliphatic carbocycles. The third-order valence-corrected chi connectivity index (χ3v) is 2.33. The van der Waals surface area contributed by atoms with Crippen LogP contribution in [0.1, 0.15) is 33.6 Å². The lowest BCUT2D eigenvalue weighted by molar-refractivity contribution is 0.374. The van der Waals surface area contributed by atoms with Crippen molar-refractivity contribution in [1.82, 2.24) is 14.7 Å². The van der Waals surface area contributed by atoms with Crippen LogP contribution in [0.2, 0.25) is 0 Å². The highest BCUT2D eigenvalue weighted by Crippen LogP contribution is 2.04. The Labute approximate surface area is 106 Å². The number of aromatic nitrogens is 2. The predicted octanol–water partition coefficient (Wildman–Crippen LogP) is 2.68. The van der Waals surface area contributed by atoms with Gasteiger partial charge in [0.15, 0.2) is 0 Å². The molecule has 0 aromatic carbocycles. The van der Waals surface area contributed by atoms with Crippen LogP contribution in [0.25, 0.3) is 0 Å². The van der Waals surface area contributed by atoms with Crippen molar-refractivity contribution in [2.75, 3.05) is 32.5 Å².